The molecule has 0 unspecified atom stereocenters. The first-order chi connectivity index (χ1) is 9.90. The Kier molecular flexibility index (Phi) is 6.62. The number of ether oxygens (including phenoxy) is 2. The Bertz CT molecular complexity index is 581. The number of rotatable bonds is 6. The van der Waals surface area contributed by atoms with Gasteiger partial charge in [-0.25, -0.2) is 14.0 Å². The van der Waals surface area contributed by atoms with Gasteiger partial charge in [-0.15, -0.1) is 0 Å². The third-order valence-corrected chi connectivity index (χ3v) is 2.60. The zero-order valence-electron chi connectivity index (χ0n) is 11.4. The second-order valence-electron chi connectivity index (χ2n) is 4.08. The van der Waals surface area contributed by atoms with Gasteiger partial charge in [0.05, 0.1) is 5.02 Å². The number of carbonyl (C=O) groups excluding carboxylic acids is 2. The van der Waals surface area contributed by atoms with Gasteiger partial charge in [0.1, 0.15) is 19.0 Å². The SMILES string of the molecule is C=C(C)C(=O)OCCOC(=O)/C=C/c1ccc(F)cc1Cl. The summed E-state index contributed by atoms with van der Waals surface area (Å²) >= 11 is 5.80. The molecular formula is C15H14ClFO4. The maximum Gasteiger partial charge on any atom is 0.333 e. The molecule has 0 aliphatic rings. The Morgan fingerprint density at radius 3 is 2.62 bits per heavy atom. The molecule has 0 N–H and O–H groups in total. The van der Waals surface area contributed by atoms with Gasteiger partial charge >= 0.3 is 11.9 Å². The Hall–Kier alpha value is -2.14. The minimum Gasteiger partial charge on any atom is -0.459 e. The molecule has 0 amide bonds. The quantitative estimate of drug-likeness (QED) is 0.460. The average molecular weight is 313 g/mol. The van der Waals surface area contributed by atoms with Crippen molar-refractivity contribution in [1.82, 2.24) is 0 Å². The normalized spacial score (nSPS) is 10.4. The van der Waals surface area contributed by atoms with E-state index in [1.165, 1.54) is 25.1 Å². The molecule has 0 aromatic heterocycles. The van der Waals surface area contributed by atoms with E-state index in [-0.39, 0.29) is 23.8 Å². The molecule has 0 aliphatic heterocycles. The van der Waals surface area contributed by atoms with E-state index >= 15 is 0 Å². The van der Waals surface area contributed by atoms with Crippen molar-refractivity contribution in [2.24, 2.45) is 0 Å². The molecule has 0 aliphatic carbocycles. The molecule has 6 heteroatoms. The second-order valence-corrected chi connectivity index (χ2v) is 4.49. The lowest BCUT2D eigenvalue weighted by Gasteiger charge is -2.04. The number of hydrogen-bond donors (Lipinski definition) is 0. The molecular weight excluding hydrogens is 299 g/mol. The molecule has 1 rings (SSSR count). The summed E-state index contributed by atoms with van der Waals surface area (Å²) in [4.78, 5) is 22.4. The fraction of sp³-hybridized carbons (Fsp3) is 0.200. The number of carbonyl (C=O) groups is 2. The summed E-state index contributed by atoms with van der Waals surface area (Å²) in [6.07, 6.45) is 2.56. The predicted octanol–water partition coefficient (Wildman–Crippen LogP) is 3.15. The highest BCUT2D eigenvalue weighted by molar-refractivity contribution is 6.32. The molecule has 1 aromatic carbocycles. The smallest absolute Gasteiger partial charge is 0.333 e. The monoisotopic (exact) mass is 312 g/mol. The zero-order valence-corrected chi connectivity index (χ0v) is 12.2. The third-order valence-electron chi connectivity index (χ3n) is 2.27. The van der Waals surface area contributed by atoms with Gasteiger partial charge in [0.25, 0.3) is 0 Å². The van der Waals surface area contributed by atoms with Crippen molar-refractivity contribution in [2.45, 2.75) is 6.92 Å². The summed E-state index contributed by atoms with van der Waals surface area (Å²) in [5.74, 6) is -1.62. The zero-order chi connectivity index (χ0) is 15.8. The first-order valence-corrected chi connectivity index (χ1v) is 6.40. The molecule has 0 spiro atoms. The maximum atomic E-state index is 12.8. The third kappa shape index (κ3) is 6.23. The number of halogens is 2. The summed E-state index contributed by atoms with van der Waals surface area (Å²) in [6, 6.07) is 3.81. The van der Waals surface area contributed by atoms with Gasteiger partial charge in [0.15, 0.2) is 0 Å². The standard InChI is InChI=1S/C15H14ClFO4/c1-10(2)15(19)21-8-7-20-14(18)6-4-11-3-5-12(17)9-13(11)16/h3-6,9H,1,7-8H2,2H3/b6-4+. The summed E-state index contributed by atoms with van der Waals surface area (Å²) in [6.45, 7) is 4.81. The van der Waals surface area contributed by atoms with Gasteiger partial charge < -0.3 is 9.47 Å². The molecule has 0 bridgehead atoms. The lowest BCUT2D eigenvalue weighted by atomic mass is 10.2. The highest BCUT2D eigenvalue weighted by Gasteiger charge is 2.04. The molecule has 0 atom stereocenters. The maximum absolute atomic E-state index is 12.8. The Morgan fingerprint density at radius 1 is 1.33 bits per heavy atom. The molecule has 0 saturated heterocycles. The summed E-state index contributed by atoms with van der Waals surface area (Å²) < 4.78 is 22.4. The van der Waals surface area contributed by atoms with Crippen LogP contribution in [0.15, 0.2) is 36.4 Å². The van der Waals surface area contributed by atoms with Crippen LogP contribution in [0.2, 0.25) is 5.02 Å². The molecule has 1 aromatic rings. The second kappa shape index (κ2) is 8.21. The van der Waals surface area contributed by atoms with Gasteiger partial charge in [-0.1, -0.05) is 24.2 Å². The van der Waals surface area contributed by atoms with Crippen molar-refractivity contribution < 1.29 is 23.5 Å². The number of esters is 2. The first kappa shape index (κ1) is 16.9. The molecule has 0 radical (unpaired) electrons. The Morgan fingerprint density at radius 2 is 2.00 bits per heavy atom. The summed E-state index contributed by atoms with van der Waals surface area (Å²) in [7, 11) is 0. The van der Waals surface area contributed by atoms with Crippen LogP contribution in [0.1, 0.15) is 12.5 Å². The van der Waals surface area contributed by atoms with Gasteiger partial charge in [-0.3, -0.25) is 0 Å². The number of benzene rings is 1. The molecule has 112 valence electrons. The fourth-order valence-electron chi connectivity index (χ4n) is 1.24. The van der Waals surface area contributed by atoms with E-state index in [0.717, 1.165) is 12.1 Å². The van der Waals surface area contributed by atoms with Crippen LogP contribution < -0.4 is 0 Å². The molecule has 21 heavy (non-hydrogen) atoms. The Labute approximate surface area is 126 Å². The number of hydrogen-bond acceptors (Lipinski definition) is 4. The van der Waals surface area contributed by atoms with Crippen LogP contribution in [0.3, 0.4) is 0 Å². The van der Waals surface area contributed by atoms with E-state index in [2.05, 4.69) is 6.58 Å². The highest BCUT2D eigenvalue weighted by Crippen LogP contribution is 2.18. The van der Waals surface area contributed by atoms with Gasteiger partial charge in [0, 0.05) is 11.6 Å². The molecule has 0 fully saturated rings. The summed E-state index contributed by atoms with van der Waals surface area (Å²) in [5.41, 5.74) is 0.760. The lowest BCUT2D eigenvalue weighted by molar-refractivity contribution is -0.146. The minimum atomic E-state index is -0.623. The fourth-order valence-corrected chi connectivity index (χ4v) is 1.47. The first-order valence-electron chi connectivity index (χ1n) is 6.02. The predicted molar refractivity (Wildman–Crippen MR) is 77.2 cm³/mol. The van der Waals surface area contributed by atoms with Crippen molar-refractivity contribution in [2.75, 3.05) is 13.2 Å². The highest BCUT2D eigenvalue weighted by atomic mass is 35.5. The van der Waals surface area contributed by atoms with Crippen LogP contribution in [0.25, 0.3) is 6.08 Å². The largest absolute Gasteiger partial charge is 0.459 e. The van der Waals surface area contributed by atoms with Gasteiger partial charge in [0.2, 0.25) is 0 Å². The van der Waals surface area contributed by atoms with Crippen molar-refractivity contribution in [3.8, 4) is 0 Å². The lowest BCUT2D eigenvalue weighted by Crippen LogP contribution is -2.12. The summed E-state index contributed by atoms with van der Waals surface area (Å²) in [5, 5.41) is 0.189. The van der Waals surface area contributed by atoms with Crippen LogP contribution in [0.4, 0.5) is 4.39 Å². The van der Waals surface area contributed by atoms with Crippen molar-refractivity contribution in [1.29, 1.82) is 0 Å². The van der Waals surface area contributed by atoms with E-state index < -0.39 is 17.8 Å². The minimum absolute atomic E-state index is 0.0530. The van der Waals surface area contributed by atoms with Crippen LogP contribution >= 0.6 is 11.6 Å². The van der Waals surface area contributed by atoms with E-state index in [1.807, 2.05) is 0 Å². The molecule has 0 heterocycles. The van der Waals surface area contributed by atoms with E-state index in [1.54, 1.807) is 0 Å². The molecule has 4 nitrogen and oxygen atoms in total. The van der Waals surface area contributed by atoms with E-state index in [9.17, 15) is 14.0 Å². The van der Waals surface area contributed by atoms with Gasteiger partial charge in [-0.2, -0.15) is 0 Å². The van der Waals surface area contributed by atoms with Crippen molar-refractivity contribution in [3.63, 3.8) is 0 Å². The van der Waals surface area contributed by atoms with Crippen LogP contribution in [0.5, 0.6) is 0 Å². The van der Waals surface area contributed by atoms with E-state index in [4.69, 9.17) is 21.1 Å². The van der Waals surface area contributed by atoms with Crippen molar-refractivity contribution >= 4 is 29.6 Å². The van der Waals surface area contributed by atoms with Crippen LogP contribution in [-0.2, 0) is 19.1 Å². The average Bonchev–Trinajstić information content (AvgIpc) is 2.42. The van der Waals surface area contributed by atoms with E-state index in [0.29, 0.717) is 5.56 Å². The van der Waals surface area contributed by atoms with Crippen molar-refractivity contribution in [3.05, 3.63) is 52.8 Å². The molecule has 0 saturated carbocycles. The Balaban J connectivity index is 2.38. The topological polar surface area (TPSA) is 52.6 Å². The van der Waals surface area contributed by atoms with Gasteiger partial charge in [-0.05, 0) is 30.7 Å². The van der Waals surface area contributed by atoms with Crippen LogP contribution in [-0.4, -0.2) is 25.2 Å². The van der Waals surface area contributed by atoms with Crippen LogP contribution in [0, 0.1) is 5.82 Å².